The molecule has 1 atom stereocenters. The van der Waals surface area contributed by atoms with Crippen molar-refractivity contribution in [3.63, 3.8) is 0 Å². The number of hydrogen-bond acceptors (Lipinski definition) is 4. The summed E-state index contributed by atoms with van der Waals surface area (Å²) in [5, 5.41) is 12.1. The number of nitrogens with zero attached hydrogens (tertiary/aromatic N) is 1. The van der Waals surface area contributed by atoms with Gasteiger partial charge in [0.2, 0.25) is 0 Å². The maximum Gasteiger partial charge on any atom is 0.332 e. The first-order valence-corrected chi connectivity index (χ1v) is 7.28. The highest BCUT2D eigenvalue weighted by atomic mass is 32.2. The van der Waals surface area contributed by atoms with Crippen molar-refractivity contribution >= 4 is 16.0 Å². The maximum atomic E-state index is 12.5. The molecule has 1 unspecified atom stereocenters. The summed E-state index contributed by atoms with van der Waals surface area (Å²) in [5.74, 6) is -1.11. The van der Waals surface area contributed by atoms with Gasteiger partial charge in [0.25, 0.3) is 10.0 Å². The number of nitrogens with one attached hydrogen (secondary N) is 1. The topological polar surface area (TPSA) is 88.4 Å². The van der Waals surface area contributed by atoms with E-state index in [-0.39, 0.29) is 10.6 Å². The van der Waals surface area contributed by atoms with Crippen LogP contribution in [0.2, 0.25) is 0 Å². The molecule has 0 radical (unpaired) electrons. The van der Waals surface area contributed by atoms with Crippen molar-refractivity contribution in [1.82, 2.24) is 9.29 Å². The molecule has 2 heterocycles. The summed E-state index contributed by atoms with van der Waals surface area (Å²) in [6, 6.07) is 1.96. The van der Waals surface area contributed by atoms with Crippen LogP contribution in [0.4, 0.5) is 0 Å². The smallest absolute Gasteiger partial charge is 0.332 e. The van der Waals surface area contributed by atoms with Gasteiger partial charge in [0.1, 0.15) is 4.91 Å². The molecule has 2 N–H and O–H groups in total. The van der Waals surface area contributed by atoms with E-state index in [2.05, 4.69) is 5.32 Å². The third kappa shape index (κ3) is 1.69. The van der Waals surface area contributed by atoms with Gasteiger partial charge in [-0.05, 0) is 25.0 Å². The van der Waals surface area contributed by atoms with Crippen LogP contribution < -0.4 is 5.32 Å². The van der Waals surface area contributed by atoms with E-state index in [1.807, 2.05) is 0 Å². The van der Waals surface area contributed by atoms with Crippen LogP contribution in [0.5, 0.6) is 0 Å². The number of carbonyl (C=O) groups is 1. The summed E-state index contributed by atoms with van der Waals surface area (Å²) in [7, 11) is -3.72. The molecule has 1 aliphatic heterocycles. The average Bonchev–Trinajstić information content (AvgIpc) is 2.82. The molecule has 3 rings (SSSR count). The van der Waals surface area contributed by atoms with Gasteiger partial charge in [-0.1, -0.05) is 12.2 Å². The zero-order valence-corrected chi connectivity index (χ0v) is 10.7. The highest BCUT2D eigenvalue weighted by molar-refractivity contribution is 7.94. The van der Waals surface area contributed by atoms with Crippen LogP contribution >= 0.6 is 0 Å². The van der Waals surface area contributed by atoms with Crippen molar-refractivity contribution in [3.05, 3.63) is 46.8 Å². The predicted octanol–water partition coefficient (Wildman–Crippen LogP) is 0.956. The summed E-state index contributed by atoms with van der Waals surface area (Å²) < 4.78 is 26.1. The molecule has 7 heteroatoms. The number of carboxylic acid groups (broad SMARTS) is 1. The molecule has 0 saturated carbocycles. The SMILES string of the molecule is O=C(O)C1NC2=CCCC=C2S(=O)(=O)n2cccc21. The van der Waals surface area contributed by atoms with Crippen molar-refractivity contribution in [2.75, 3.05) is 0 Å². The molecule has 0 aromatic carbocycles. The molecule has 1 aromatic heterocycles. The van der Waals surface area contributed by atoms with Crippen LogP contribution in [0, 0.1) is 0 Å². The first kappa shape index (κ1) is 12.0. The number of allylic oxidation sites excluding steroid dienone is 2. The van der Waals surface area contributed by atoms with Crippen molar-refractivity contribution in [1.29, 1.82) is 0 Å². The monoisotopic (exact) mass is 280 g/mol. The van der Waals surface area contributed by atoms with Crippen molar-refractivity contribution in [2.45, 2.75) is 18.9 Å². The Morgan fingerprint density at radius 2 is 2.11 bits per heavy atom. The molecular formula is C12H12N2O4S. The molecule has 1 aromatic rings. The number of fused-ring (bicyclic) bond motifs is 2. The van der Waals surface area contributed by atoms with Crippen molar-refractivity contribution in [2.24, 2.45) is 0 Å². The summed E-state index contributed by atoms with van der Waals surface area (Å²) >= 11 is 0. The van der Waals surface area contributed by atoms with E-state index < -0.39 is 22.0 Å². The molecule has 0 bridgehead atoms. The van der Waals surface area contributed by atoms with Gasteiger partial charge in [0, 0.05) is 6.20 Å². The zero-order valence-electron chi connectivity index (χ0n) is 9.91. The standard InChI is InChI=1S/C12H12N2O4S/c15-12(16)11-9-5-3-7-14(9)19(17,18)10-6-2-1-4-8(10)13-11/h3-7,11,13H,1-2H2,(H,15,16). The number of rotatable bonds is 1. The Kier molecular flexibility index (Phi) is 2.53. The van der Waals surface area contributed by atoms with Crippen LogP contribution in [0.1, 0.15) is 24.6 Å². The average molecular weight is 280 g/mol. The molecule has 2 aliphatic rings. The van der Waals surface area contributed by atoms with Gasteiger partial charge in [0.15, 0.2) is 6.04 Å². The fourth-order valence-corrected chi connectivity index (χ4v) is 4.01. The molecular weight excluding hydrogens is 268 g/mol. The Labute approximate surface area is 110 Å². The Bertz CT molecular complexity index is 712. The van der Waals surface area contributed by atoms with Crippen molar-refractivity contribution in [3.8, 4) is 0 Å². The highest BCUT2D eigenvalue weighted by Gasteiger charge is 2.36. The number of hydrogen-bond donors (Lipinski definition) is 2. The maximum absolute atomic E-state index is 12.5. The first-order chi connectivity index (χ1) is 9.01. The fourth-order valence-electron chi connectivity index (χ4n) is 2.37. The summed E-state index contributed by atoms with van der Waals surface area (Å²) in [6.07, 6.45) is 6.07. The lowest BCUT2D eigenvalue weighted by molar-refractivity contribution is -0.139. The minimum Gasteiger partial charge on any atom is -0.479 e. The third-order valence-electron chi connectivity index (χ3n) is 3.23. The molecule has 1 aliphatic carbocycles. The summed E-state index contributed by atoms with van der Waals surface area (Å²) in [4.78, 5) is 11.5. The number of carboxylic acids is 1. The number of aromatic nitrogens is 1. The molecule has 100 valence electrons. The molecule has 0 spiro atoms. The van der Waals surface area contributed by atoms with Gasteiger partial charge in [-0.15, -0.1) is 0 Å². The van der Waals surface area contributed by atoms with E-state index in [4.69, 9.17) is 0 Å². The number of aliphatic carboxylic acids is 1. The second-order valence-electron chi connectivity index (χ2n) is 4.41. The van der Waals surface area contributed by atoms with Crippen LogP contribution in [-0.4, -0.2) is 23.5 Å². The van der Waals surface area contributed by atoms with E-state index in [0.717, 1.165) is 3.97 Å². The summed E-state index contributed by atoms with van der Waals surface area (Å²) in [5.41, 5.74) is 0.589. The Hall–Kier alpha value is -2.02. The Balaban J connectivity index is 2.28. The van der Waals surface area contributed by atoms with Crippen LogP contribution in [0.3, 0.4) is 0 Å². The van der Waals surface area contributed by atoms with Crippen LogP contribution in [0.15, 0.2) is 41.1 Å². The minimum absolute atomic E-state index is 0.153. The normalized spacial score (nSPS) is 24.1. The highest BCUT2D eigenvalue weighted by Crippen LogP contribution is 2.32. The zero-order chi connectivity index (χ0) is 13.6. The van der Waals surface area contributed by atoms with Gasteiger partial charge in [-0.25, -0.2) is 17.2 Å². The fraction of sp³-hybridized carbons (Fsp3) is 0.250. The first-order valence-electron chi connectivity index (χ1n) is 5.84. The van der Waals surface area contributed by atoms with E-state index in [9.17, 15) is 18.3 Å². The molecule has 0 amide bonds. The quantitative estimate of drug-likeness (QED) is 0.799. The molecule has 0 fully saturated rings. The van der Waals surface area contributed by atoms with Gasteiger partial charge < -0.3 is 10.4 Å². The Morgan fingerprint density at radius 1 is 1.37 bits per heavy atom. The third-order valence-corrected chi connectivity index (χ3v) is 5.03. The van der Waals surface area contributed by atoms with E-state index in [0.29, 0.717) is 18.5 Å². The second kappa shape index (κ2) is 3.99. The summed E-state index contributed by atoms with van der Waals surface area (Å²) in [6.45, 7) is 0. The lowest BCUT2D eigenvalue weighted by atomic mass is 10.1. The van der Waals surface area contributed by atoms with Gasteiger partial charge in [-0.2, -0.15) is 0 Å². The molecule has 0 saturated heterocycles. The lowest BCUT2D eigenvalue weighted by Gasteiger charge is -2.16. The minimum atomic E-state index is -3.72. The largest absolute Gasteiger partial charge is 0.479 e. The van der Waals surface area contributed by atoms with Crippen molar-refractivity contribution < 1.29 is 18.3 Å². The van der Waals surface area contributed by atoms with Crippen LogP contribution in [-0.2, 0) is 14.8 Å². The predicted molar refractivity (Wildman–Crippen MR) is 67.7 cm³/mol. The second-order valence-corrected chi connectivity index (χ2v) is 6.20. The molecule has 19 heavy (non-hydrogen) atoms. The van der Waals surface area contributed by atoms with Gasteiger partial charge in [-0.3, -0.25) is 0 Å². The van der Waals surface area contributed by atoms with E-state index >= 15 is 0 Å². The van der Waals surface area contributed by atoms with E-state index in [1.54, 1.807) is 12.2 Å². The molecule has 6 nitrogen and oxygen atoms in total. The lowest BCUT2D eigenvalue weighted by Crippen LogP contribution is -2.28. The van der Waals surface area contributed by atoms with Crippen LogP contribution in [0.25, 0.3) is 0 Å². The van der Waals surface area contributed by atoms with E-state index in [1.165, 1.54) is 18.3 Å². The van der Waals surface area contributed by atoms with Gasteiger partial charge >= 0.3 is 5.97 Å². The van der Waals surface area contributed by atoms with Gasteiger partial charge in [0.05, 0.1) is 11.4 Å². The Morgan fingerprint density at radius 3 is 2.84 bits per heavy atom.